The Morgan fingerprint density at radius 2 is 2.05 bits per heavy atom. The molecule has 0 spiro atoms. The lowest BCUT2D eigenvalue weighted by Gasteiger charge is -2.12. The van der Waals surface area contributed by atoms with Crippen LogP contribution in [-0.2, 0) is 6.18 Å². The summed E-state index contributed by atoms with van der Waals surface area (Å²) >= 11 is 10.8. The van der Waals surface area contributed by atoms with Crippen molar-refractivity contribution in [1.29, 1.82) is 0 Å². The monoisotopic (exact) mass is 323 g/mol. The second kappa shape index (κ2) is 6.90. The Balaban J connectivity index is 2.84. The fourth-order valence-corrected chi connectivity index (χ4v) is 1.49. The quantitative estimate of drug-likeness (QED) is 0.491. The number of thiocarbonyl (C=S) groups is 1. The molecule has 1 aromatic carbocycles. The number of alkyl halides is 3. The van der Waals surface area contributed by atoms with Crippen molar-refractivity contribution < 1.29 is 13.2 Å². The van der Waals surface area contributed by atoms with Gasteiger partial charge in [0.25, 0.3) is 0 Å². The van der Waals surface area contributed by atoms with Crippen LogP contribution in [0.3, 0.4) is 0 Å². The minimum Gasteiger partial charge on any atom is -0.330 e. The molecule has 0 unspecified atom stereocenters. The number of hydrogen-bond donors (Lipinski definition) is 2. The number of hydrogen-bond acceptors (Lipinski definition) is 2. The molecular weight excluding hydrogens is 311 g/mol. The van der Waals surface area contributed by atoms with Crippen molar-refractivity contribution in [3.05, 3.63) is 28.8 Å². The van der Waals surface area contributed by atoms with Crippen LogP contribution in [-0.4, -0.2) is 10.8 Å². The van der Waals surface area contributed by atoms with Crippen LogP contribution in [0.2, 0.25) is 5.02 Å². The first-order chi connectivity index (χ1) is 9.24. The molecule has 0 aliphatic heterocycles. The lowest BCUT2D eigenvalue weighted by atomic mass is 10.2. The zero-order valence-electron chi connectivity index (χ0n) is 10.8. The molecule has 0 radical (unpaired) electrons. The molecule has 20 heavy (non-hydrogen) atoms. The van der Waals surface area contributed by atoms with E-state index in [9.17, 15) is 13.2 Å². The zero-order chi connectivity index (χ0) is 15.3. The summed E-state index contributed by atoms with van der Waals surface area (Å²) in [6, 6.07) is 2.96. The predicted octanol–water partition coefficient (Wildman–Crippen LogP) is 4.43. The Labute approximate surface area is 125 Å². The van der Waals surface area contributed by atoms with Gasteiger partial charge in [-0.1, -0.05) is 18.5 Å². The van der Waals surface area contributed by atoms with Gasteiger partial charge in [0.15, 0.2) is 5.11 Å². The van der Waals surface area contributed by atoms with Gasteiger partial charge in [-0.15, -0.1) is 0 Å². The van der Waals surface area contributed by atoms with E-state index in [4.69, 9.17) is 23.8 Å². The maximum atomic E-state index is 12.6. The second-order valence-corrected chi connectivity index (χ2v) is 4.77. The summed E-state index contributed by atoms with van der Waals surface area (Å²) in [4.78, 5) is 0. The van der Waals surface area contributed by atoms with Gasteiger partial charge in [0, 0.05) is 5.71 Å². The van der Waals surface area contributed by atoms with Gasteiger partial charge < -0.3 is 5.32 Å². The number of anilines is 1. The Morgan fingerprint density at radius 3 is 2.60 bits per heavy atom. The van der Waals surface area contributed by atoms with Crippen molar-refractivity contribution in [3.8, 4) is 0 Å². The number of nitrogens with zero attached hydrogens (tertiary/aromatic N) is 1. The smallest absolute Gasteiger partial charge is 0.330 e. The van der Waals surface area contributed by atoms with Crippen molar-refractivity contribution in [2.24, 2.45) is 5.10 Å². The average molecular weight is 324 g/mol. The molecule has 0 aliphatic rings. The fourth-order valence-electron chi connectivity index (χ4n) is 1.17. The van der Waals surface area contributed by atoms with Gasteiger partial charge in [0.1, 0.15) is 0 Å². The van der Waals surface area contributed by atoms with Gasteiger partial charge >= 0.3 is 6.18 Å². The van der Waals surface area contributed by atoms with Crippen LogP contribution in [0.5, 0.6) is 0 Å². The molecule has 0 amide bonds. The average Bonchev–Trinajstić information content (AvgIpc) is 2.37. The van der Waals surface area contributed by atoms with Crippen molar-refractivity contribution in [3.63, 3.8) is 0 Å². The molecule has 0 heterocycles. The van der Waals surface area contributed by atoms with E-state index in [1.807, 2.05) is 6.92 Å². The molecule has 0 aromatic heterocycles. The molecule has 0 saturated heterocycles. The van der Waals surface area contributed by atoms with E-state index in [-0.39, 0.29) is 15.8 Å². The third-order valence-electron chi connectivity index (χ3n) is 2.40. The largest absolute Gasteiger partial charge is 0.416 e. The van der Waals surface area contributed by atoms with Crippen LogP contribution in [0.15, 0.2) is 23.3 Å². The van der Waals surface area contributed by atoms with Crippen LogP contribution in [0.4, 0.5) is 18.9 Å². The molecule has 110 valence electrons. The molecule has 0 bridgehead atoms. The first-order valence-electron chi connectivity index (χ1n) is 5.71. The maximum absolute atomic E-state index is 12.6. The topological polar surface area (TPSA) is 36.4 Å². The normalized spacial score (nSPS) is 12.2. The highest BCUT2D eigenvalue weighted by Crippen LogP contribution is 2.33. The number of nitrogens with one attached hydrogen (secondary N) is 2. The minimum absolute atomic E-state index is 0.0685. The molecule has 0 fully saturated rings. The van der Waals surface area contributed by atoms with Gasteiger partial charge in [-0.05, 0) is 43.8 Å². The van der Waals surface area contributed by atoms with Crippen molar-refractivity contribution in [1.82, 2.24) is 5.43 Å². The van der Waals surface area contributed by atoms with Crippen molar-refractivity contribution in [2.45, 2.75) is 26.4 Å². The summed E-state index contributed by atoms with van der Waals surface area (Å²) in [5.41, 5.74) is 2.61. The molecule has 8 heteroatoms. The van der Waals surface area contributed by atoms with Gasteiger partial charge in [0.2, 0.25) is 0 Å². The Kier molecular flexibility index (Phi) is 5.76. The first-order valence-corrected chi connectivity index (χ1v) is 6.49. The maximum Gasteiger partial charge on any atom is 0.416 e. The van der Waals surface area contributed by atoms with E-state index in [1.165, 1.54) is 0 Å². The van der Waals surface area contributed by atoms with Crippen LogP contribution in [0.1, 0.15) is 25.8 Å². The number of rotatable bonds is 3. The SMILES string of the molecule is CC/C(C)=N\NC(=S)Nc1cc(C(F)(F)F)ccc1Cl. The van der Waals surface area contributed by atoms with Crippen molar-refractivity contribution >= 4 is 40.3 Å². The summed E-state index contributed by atoms with van der Waals surface area (Å²) in [6.07, 6.45) is -3.70. The molecular formula is C12H13ClF3N3S. The molecule has 0 aliphatic carbocycles. The van der Waals surface area contributed by atoms with E-state index < -0.39 is 11.7 Å². The summed E-state index contributed by atoms with van der Waals surface area (Å²) < 4.78 is 37.8. The molecule has 1 rings (SSSR count). The number of benzene rings is 1. The van der Waals surface area contributed by atoms with Crippen LogP contribution in [0.25, 0.3) is 0 Å². The standard InChI is InChI=1S/C12H13ClF3N3S/c1-3-7(2)18-19-11(20)17-10-6-8(12(14,15)16)4-5-9(10)13/h4-6H,3H2,1-2H3,(H2,17,19,20)/b18-7-. The van der Waals surface area contributed by atoms with E-state index >= 15 is 0 Å². The third-order valence-corrected chi connectivity index (χ3v) is 2.92. The zero-order valence-corrected chi connectivity index (χ0v) is 12.4. The summed E-state index contributed by atoms with van der Waals surface area (Å²) in [7, 11) is 0. The molecule has 3 nitrogen and oxygen atoms in total. The summed E-state index contributed by atoms with van der Waals surface area (Å²) in [5, 5.41) is 6.73. The van der Waals surface area contributed by atoms with Crippen molar-refractivity contribution in [2.75, 3.05) is 5.32 Å². The highest BCUT2D eigenvalue weighted by Gasteiger charge is 2.31. The van der Waals surface area contributed by atoms with Gasteiger partial charge in [0.05, 0.1) is 16.3 Å². The third kappa shape index (κ3) is 4.97. The molecule has 0 atom stereocenters. The van der Waals surface area contributed by atoms with Crippen LogP contribution < -0.4 is 10.7 Å². The molecule has 1 aromatic rings. The summed E-state index contributed by atoms with van der Waals surface area (Å²) in [5.74, 6) is 0. The van der Waals surface area contributed by atoms with E-state index in [1.54, 1.807) is 6.92 Å². The highest BCUT2D eigenvalue weighted by atomic mass is 35.5. The van der Waals surface area contributed by atoms with E-state index in [2.05, 4.69) is 15.8 Å². The Morgan fingerprint density at radius 1 is 1.40 bits per heavy atom. The summed E-state index contributed by atoms with van der Waals surface area (Å²) in [6.45, 7) is 3.72. The van der Waals surface area contributed by atoms with Gasteiger partial charge in [-0.3, -0.25) is 5.43 Å². The molecule has 2 N–H and O–H groups in total. The van der Waals surface area contributed by atoms with Crippen LogP contribution >= 0.6 is 23.8 Å². The van der Waals surface area contributed by atoms with E-state index in [0.717, 1.165) is 30.3 Å². The first kappa shape index (κ1) is 16.7. The number of hydrazone groups is 1. The number of halogens is 4. The Hall–Kier alpha value is -1.34. The van der Waals surface area contributed by atoms with Gasteiger partial charge in [-0.2, -0.15) is 18.3 Å². The van der Waals surface area contributed by atoms with Crippen LogP contribution in [0, 0.1) is 0 Å². The molecule has 0 saturated carbocycles. The predicted molar refractivity (Wildman–Crippen MR) is 79.2 cm³/mol. The minimum atomic E-state index is -4.44. The van der Waals surface area contributed by atoms with Gasteiger partial charge in [-0.25, -0.2) is 0 Å². The Bertz CT molecular complexity index is 529. The highest BCUT2D eigenvalue weighted by molar-refractivity contribution is 7.80. The van der Waals surface area contributed by atoms with E-state index in [0.29, 0.717) is 0 Å². The second-order valence-electron chi connectivity index (χ2n) is 3.96. The lowest BCUT2D eigenvalue weighted by Crippen LogP contribution is -2.25. The fraction of sp³-hybridized carbons (Fsp3) is 0.333. The lowest BCUT2D eigenvalue weighted by molar-refractivity contribution is -0.137.